The van der Waals surface area contributed by atoms with E-state index in [1.54, 1.807) is 6.92 Å². The molecule has 0 aliphatic heterocycles. The number of hydrogen-bond donors (Lipinski definition) is 0. The first-order valence-electron chi connectivity index (χ1n) is 1.71. The minimum absolute atomic E-state index is 0.549. The van der Waals surface area contributed by atoms with Gasteiger partial charge in [-0.2, -0.15) is 8.42 Å². The summed E-state index contributed by atoms with van der Waals surface area (Å²) in [7, 11) is -2.07. The van der Waals surface area contributed by atoms with E-state index in [1.165, 1.54) is 0 Å². The summed E-state index contributed by atoms with van der Waals surface area (Å²) in [5, 5.41) is 1.06. The summed E-state index contributed by atoms with van der Waals surface area (Å²) in [6.07, 6.45) is 0. The van der Waals surface area contributed by atoms with E-state index in [0.29, 0.717) is 5.57 Å². The van der Waals surface area contributed by atoms with E-state index in [1.807, 2.05) is 0 Å². The Labute approximate surface area is 44.0 Å². The van der Waals surface area contributed by atoms with Gasteiger partial charge in [0.15, 0.2) is 0 Å². The molecule has 0 heterocycles. The molecule has 2 nitrogen and oxygen atoms in total. The predicted molar refractivity (Wildman–Crippen MR) is 29.8 cm³/mol. The molecule has 0 aromatic heterocycles. The third kappa shape index (κ3) is 5.43. The van der Waals surface area contributed by atoms with Gasteiger partial charge in [0.05, 0.1) is 5.37 Å². The second kappa shape index (κ2) is 2.58. The molecule has 0 saturated carbocycles. The monoisotopic (exact) mass is 118 g/mol. The van der Waals surface area contributed by atoms with Crippen LogP contribution in [0.2, 0.25) is 0 Å². The summed E-state index contributed by atoms with van der Waals surface area (Å²) in [6, 6.07) is 0. The fraction of sp³-hybridized carbons (Fsp3) is 0.250. The Hall–Kier alpha value is -0.570. The number of allylic oxidation sites excluding steroid dienone is 1. The maximum atomic E-state index is 9.69. The van der Waals surface area contributed by atoms with Crippen molar-refractivity contribution in [1.82, 2.24) is 0 Å². The summed E-state index contributed by atoms with van der Waals surface area (Å²) in [4.78, 5) is 0. The van der Waals surface area contributed by atoms with Crippen molar-refractivity contribution in [3.8, 4) is 0 Å². The highest BCUT2D eigenvalue weighted by atomic mass is 32.2. The van der Waals surface area contributed by atoms with Crippen LogP contribution in [-0.4, -0.2) is 13.8 Å². The predicted octanol–water partition coefficient (Wildman–Crippen LogP) is 0.244. The van der Waals surface area contributed by atoms with Crippen LogP contribution in [0.1, 0.15) is 6.92 Å². The molecule has 0 rings (SSSR count). The molecule has 3 heteroatoms. The fourth-order valence-electron chi connectivity index (χ4n) is 0.164. The average Bonchev–Trinajstić information content (AvgIpc) is 1.27. The first-order chi connectivity index (χ1) is 3.13. The molecule has 0 atom stereocenters. The van der Waals surface area contributed by atoms with Crippen LogP contribution in [-0.2, 0) is 10.3 Å². The van der Waals surface area contributed by atoms with Crippen LogP contribution in [0.25, 0.3) is 0 Å². The van der Waals surface area contributed by atoms with Crippen molar-refractivity contribution in [1.29, 1.82) is 0 Å². The molecule has 0 aromatic carbocycles. The maximum Gasteiger partial charge on any atom is 0.214 e. The van der Waals surface area contributed by atoms with Gasteiger partial charge >= 0.3 is 0 Å². The molecule has 0 amide bonds. The van der Waals surface area contributed by atoms with E-state index < -0.39 is 10.3 Å². The first-order valence-corrected chi connectivity index (χ1v) is 2.85. The topological polar surface area (TPSA) is 34.1 Å². The lowest BCUT2D eigenvalue weighted by Gasteiger charge is -1.69. The van der Waals surface area contributed by atoms with Gasteiger partial charge in [0.2, 0.25) is 10.3 Å². The molecular formula is C4H6O2S. The van der Waals surface area contributed by atoms with Crippen molar-refractivity contribution in [2.75, 3.05) is 0 Å². The third-order valence-corrected chi connectivity index (χ3v) is 0.892. The van der Waals surface area contributed by atoms with Crippen LogP contribution >= 0.6 is 0 Å². The minimum atomic E-state index is -2.07. The second-order valence-electron chi connectivity index (χ2n) is 1.22. The molecule has 0 saturated heterocycles. The van der Waals surface area contributed by atoms with Crippen LogP contribution < -0.4 is 0 Å². The smallest absolute Gasteiger partial charge is 0.185 e. The Bertz CT molecular complexity index is 178. The lowest BCUT2D eigenvalue weighted by Crippen LogP contribution is -1.72. The fourth-order valence-corrected chi connectivity index (χ4v) is 0.493. The van der Waals surface area contributed by atoms with E-state index in [4.69, 9.17) is 0 Å². The van der Waals surface area contributed by atoms with Crippen molar-refractivity contribution in [3.05, 3.63) is 12.2 Å². The zero-order valence-electron chi connectivity index (χ0n) is 4.01. The van der Waals surface area contributed by atoms with Crippen molar-refractivity contribution < 1.29 is 8.42 Å². The maximum absolute atomic E-state index is 9.69. The third-order valence-electron chi connectivity index (χ3n) is 0.297. The summed E-state index contributed by atoms with van der Waals surface area (Å²) in [5.74, 6) is 0. The molecule has 0 N–H and O–H groups in total. The molecule has 40 valence electrons. The molecule has 0 spiro atoms. The normalized spacial score (nSPS) is 7.57. The Balaban J connectivity index is 4.26. The summed E-state index contributed by atoms with van der Waals surface area (Å²) in [6.45, 7) is 4.97. The zero-order valence-corrected chi connectivity index (χ0v) is 4.83. The van der Waals surface area contributed by atoms with Gasteiger partial charge in [-0.05, 0) is 12.5 Å². The van der Waals surface area contributed by atoms with Gasteiger partial charge in [-0.15, -0.1) is 0 Å². The Morgan fingerprint density at radius 2 is 2.14 bits per heavy atom. The van der Waals surface area contributed by atoms with Gasteiger partial charge < -0.3 is 0 Å². The van der Waals surface area contributed by atoms with Gasteiger partial charge in [-0.1, -0.05) is 6.58 Å². The highest BCUT2D eigenvalue weighted by Crippen LogP contribution is 1.73. The highest BCUT2D eigenvalue weighted by Gasteiger charge is 1.71. The molecule has 0 unspecified atom stereocenters. The van der Waals surface area contributed by atoms with Gasteiger partial charge in [-0.25, -0.2) is 0 Å². The van der Waals surface area contributed by atoms with Crippen LogP contribution in [0.15, 0.2) is 12.2 Å². The number of hydrogen-bond acceptors (Lipinski definition) is 2. The van der Waals surface area contributed by atoms with E-state index in [9.17, 15) is 8.42 Å². The summed E-state index contributed by atoms with van der Waals surface area (Å²) >= 11 is 0. The lowest BCUT2D eigenvalue weighted by molar-refractivity contribution is 0.627. The van der Waals surface area contributed by atoms with Crippen LogP contribution in [0.4, 0.5) is 0 Å². The van der Waals surface area contributed by atoms with Crippen molar-refractivity contribution in [3.63, 3.8) is 0 Å². The van der Waals surface area contributed by atoms with Gasteiger partial charge in [0, 0.05) is 0 Å². The molecule has 0 fully saturated rings. The SMILES string of the molecule is C=C(C)C=S(=O)=O. The van der Waals surface area contributed by atoms with Gasteiger partial charge in [0.25, 0.3) is 0 Å². The molecule has 0 aliphatic rings. The van der Waals surface area contributed by atoms with E-state index in [2.05, 4.69) is 6.58 Å². The molecule has 0 aromatic rings. The summed E-state index contributed by atoms with van der Waals surface area (Å²) < 4.78 is 19.4. The molecule has 0 radical (unpaired) electrons. The quantitative estimate of drug-likeness (QED) is 0.365. The largest absolute Gasteiger partial charge is 0.214 e. The van der Waals surface area contributed by atoms with Crippen molar-refractivity contribution >= 4 is 15.7 Å². The van der Waals surface area contributed by atoms with E-state index >= 15 is 0 Å². The minimum Gasteiger partial charge on any atom is -0.185 e. The molecular weight excluding hydrogens is 112 g/mol. The van der Waals surface area contributed by atoms with Crippen LogP contribution in [0.5, 0.6) is 0 Å². The van der Waals surface area contributed by atoms with E-state index in [-0.39, 0.29) is 0 Å². The second-order valence-corrected chi connectivity index (χ2v) is 1.98. The number of rotatable bonds is 1. The standard InChI is InChI=1S/C4H6O2S/c1-4(2)3-7(5)6/h3H,1H2,2H3. The molecule has 0 aliphatic carbocycles. The average molecular weight is 118 g/mol. The van der Waals surface area contributed by atoms with Gasteiger partial charge in [0.1, 0.15) is 0 Å². The first kappa shape index (κ1) is 6.43. The van der Waals surface area contributed by atoms with Gasteiger partial charge in [-0.3, -0.25) is 0 Å². The van der Waals surface area contributed by atoms with Crippen molar-refractivity contribution in [2.45, 2.75) is 6.92 Å². The van der Waals surface area contributed by atoms with Crippen LogP contribution in [0, 0.1) is 0 Å². The Morgan fingerprint density at radius 3 is 2.14 bits per heavy atom. The summed E-state index contributed by atoms with van der Waals surface area (Å²) in [5.41, 5.74) is 0.549. The Morgan fingerprint density at radius 1 is 1.71 bits per heavy atom. The highest BCUT2D eigenvalue weighted by molar-refractivity contribution is 7.71. The zero-order chi connectivity index (χ0) is 5.86. The van der Waals surface area contributed by atoms with E-state index in [0.717, 1.165) is 5.37 Å². The molecule has 7 heavy (non-hydrogen) atoms. The molecule has 0 bridgehead atoms. The lowest BCUT2D eigenvalue weighted by atomic mass is 10.4. The van der Waals surface area contributed by atoms with Crippen LogP contribution in [0.3, 0.4) is 0 Å². The van der Waals surface area contributed by atoms with Crippen molar-refractivity contribution in [2.24, 2.45) is 0 Å². The Kier molecular flexibility index (Phi) is 2.37.